The summed E-state index contributed by atoms with van der Waals surface area (Å²) in [6.07, 6.45) is 3.63. The highest BCUT2D eigenvalue weighted by Gasteiger charge is 2.11. The molecule has 2 heterocycles. The fourth-order valence-corrected chi connectivity index (χ4v) is 1.93. The zero-order valence-corrected chi connectivity index (χ0v) is 12.6. The van der Waals surface area contributed by atoms with Crippen molar-refractivity contribution in [2.24, 2.45) is 0 Å². The summed E-state index contributed by atoms with van der Waals surface area (Å²) in [7, 11) is 2.05. The van der Waals surface area contributed by atoms with Gasteiger partial charge in [-0.1, -0.05) is 6.07 Å². The number of nitrogens with one attached hydrogen (secondary N) is 1. The number of anilines is 2. The first-order valence-corrected chi connectivity index (χ1v) is 6.79. The number of rotatable bonds is 4. The molecule has 0 unspecified atom stereocenters. The van der Waals surface area contributed by atoms with Crippen LogP contribution in [-0.4, -0.2) is 22.6 Å². The minimum Gasteiger partial charge on any atom is -0.365 e. The number of aromatic nitrogens is 2. The van der Waals surface area contributed by atoms with Gasteiger partial charge < -0.3 is 10.2 Å². The van der Waals surface area contributed by atoms with E-state index in [4.69, 9.17) is 0 Å². The van der Waals surface area contributed by atoms with Crippen LogP contribution >= 0.6 is 0 Å². The van der Waals surface area contributed by atoms with Gasteiger partial charge >= 0.3 is 0 Å². The van der Waals surface area contributed by atoms with Crippen molar-refractivity contribution in [3.05, 3.63) is 48.3 Å². The van der Waals surface area contributed by atoms with E-state index in [9.17, 15) is 0 Å². The van der Waals surface area contributed by atoms with Gasteiger partial charge in [0.25, 0.3) is 0 Å². The maximum atomic E-state index is 4.65. The summed E-state index contributed by atoms with van der Waals surface area (Å²) in [6.45, 7) is 7.20. The highest BCUT2D eigenvalue weighted by molar-refractivity contribution is 5.47. The number of hydrogen-bond donors (Lipinski definition) is 1. The van der Waals surface area contributed by atoms with E-state index in [0.717, 1.165) is 18.2 Å². The molecule has 2 aromatic heterocycles. The first-order valence-electron chi connectivity index (χ1n) is 6.79. The van der Waals surface area contributed by atoms with Crippen molar-refractivity contribution in [1.29, 1.82) is 0 Å². The van der Waals surface area contributed by atoms with E-state index in [1.807, 2.05) is 49.8 Å². The van der Waals surface area contributed by atoms with Crippen molar-refractivity contribution in [2.45, 2.75) is 32.9 Å². The molecule has 0 aromatic carbocycles. The largest absolute Gasteiger partial charge is 0.365 e. The number of pyridine rings is 2. The molecule has 4 heteroatoms. The molecule has 106 valence electrons. The average Bonchev–Trinajstić information content (AvgIpc) is 2.38. The maximum Gasteiger partial charge on any atom is 0.130 e. The van der Waals surface area contributed by atoms with Gasteiger partial charge in [-0.15, -0.1) is 0 Å². The van der Waals surface area contributed by atoms with Crippen LogP contribution < -0.4 is 10.2 Å². The average molecular weight is 270 g/mol. The monoisotopic (exact) mass is 270 g/mol. The smallest absolute Gasteiger partial charge is 0.130 e. The van der Waals surface area contributed by atoms with Crippen LogP contribution in [0.5, 0.6) is 0 Å². The maximum absolute atomic E-state index is 4.65. The standard InChI is InChI=1S/C16H22N4/c1-16(2,3)19-14-6-5-7-15(18-14)20(4)12-13-8-10-17-11-9-13/h5-11H,12H2,1-4H3,(H,18,19). The predicted octanol–water partition coefficient (Wildman–Crippen LogP) is 3.32. The molecule has 0 amide bonds. The summed E-state index contributed by atoms with van der Waals surface area (Å²) in [5.41, 5.74) is 1.23. The Hall–Kier alpha value is -2.10. The fraction of sp³-hybridized carbons (Fsp3) is 0.375. The summed E-state index contributed by atoms with van der Waals surface area (Å²) in [4.78, 5) is 10.8. The second-order valence-electron chi connectivity index (χ2n) is 5.97. The zero-order valence-electron chi connectivity index (χ0n) is 12.6. The number of hydrogen-bond acceptors (Lipinski definition) is 4. The van der Waals surface area contributed by atoms with E-state index < -0.39 is 0 Å². The minimum absolute atomic E-state index is 0.00922. The minimum atomic E-state index is 0.00922. The highest BCUT2D eigenvalue weighted by atomic mass is 15.2. The number of nitrogens with zero attached hydrogens (tertiary/aromatic N) is 3. The molecule has 0 spiro atoms. The molecular weight excluding hydrogens is 248 g/mol. The SMILES string of the molecule is CN(Cc1ccncc1)c1cccc(NC(C)(C)C)n1. The van der Waals surface area contributed by atoms with Crippen LogP contribution in [0.15, 0.2) is 42.7 Å². The topological polar surface area (TPSA) is 41.1 Å². The van der Waals surface area contributed by atoms with E-state index in [1.54, 1.807) is 0 Å². The van der Waals surface area contributed by atoms with Gasteiger partial charge in [0.2, 0.25) is 0 Å². The molecule has 0 saturated heterocycles. The second-order valence-corrected chi connectivity index (χ2v) is 5.97. The third kappa shape index (κ3) is 4.23. The molecule has 0 aliphatic heterocycles. The van der Waals surface area contributed by atoms with Crippen LogP contribution in [0.3, 0.4) is 0 Å². The summed E-state index contributed by atoms with van der Waals surface area (Å²) in [6, 6.07) is 10.1. The van der Waals surface area contributed by atoms with Crippen molar-refractivity contribution in [3.63, 3.8) is 0 Å². The van der Waals surface area contributed by atoms with Crippen molar-refractivity contribution in [1.82, 2.24) is 9.97 Å². The second kappa shape index (κ2) is 5.90. The molecule has 1 N–H and O–H groups in total. The molecule has 0 bridgehead atoms. The van der Waals surface area contributed by atoms with E-state index in [1.165, 1.54) is 5.56 Å². The quantitative estimate of drug-likeness (QED) is 0.925. The predicted molar refractivity (Wildman–Crippen MR) is 84.0 cm³/mol. The van der Waals surface area contributed by atoms with Gasteiger partial charge in [0.15, 0.2) is 0 Å². The normalized spacial score (nSPS) is 11.2. The van der Waals surface area contributed by atoms with Crippen molar-refractivity contribution in [2.75, 3.05) is 17.3 Å². The van der Waals surface area contributed by atoms with Gasteiger partial charge in [0, 0.05) is 31.5 Å². The van der Waals surface area contributed by atoms with E-state index in [-0.39, 0.29) is 5.54 Å². The van der Waals surface area contributed by atoms with Crippen molar-refractivity contribution < 1.29 is 0 Å². The lowest BCUT2D eigenvalue weighted by atomic mass is 10.1. The molecule has 0 aliphatic carbocycles. The Kier molecular flexibility index (Phi) is 4.23. The lowest BCUT2D eigenvalue weighted by Gasteiger charge is -2.23. The lowest BCUT2D eigenvalue weighted by molar-refractivity contribution is 0.630. The Morgan fingerprint density at radius 2 is 1.80 bits per heavy atom. The molecule has 0 fully saturated rings. The summed E-state index contributed by atoms with van der Waals surface area (Å²) in [5, 5.41) is 3.39. The van der Waals surface area contributed by atoms with Crippen molar-refractivity contribution >= 4 is 11.6 Å². The van der Waals surface area contributed by atoms with Crippen LogP contribution in [-0.2, 0) is 6.54 Å². The first kappa shape index (κ1) is 14.3. The lowest BCUT2D eigenvalue weighted by Crippen LogP contribution is -2.27. The molecular formula is C16H22N4. The third-order valence-electron chi connectivity index (χ3n) is 2.80. The van der Waals surface area contributed by atoms with Gasteiger partial charge in [-0.25, -0.2) is 4.98 Å². The summed E-state index contributed by atoms with van der Waals surface area (Å²) in [5.74, 6) is 1.85. The van der Waals surface area contributed by atoms with Crippen LogP contribution in [0, 0.1) is 0 Å². The molecule has 0 radical (unpaired) electrons. The Bertz CT molecular complexity index is 546. The summed E-state index contributed by atoms with van der Waals surface area (Å²) < 4.78 is 0. The molecule has 20 heavy (non-hydrogen) atoms. The Labute approximate surface area is 120 Å². The molecule has 2 rings (SSSR count). The Morgan fingerprint density at radius 1 is 1.10 bits per heavy atom. The van der Waals surface area contributed by atoms with Crippen LogP contribution in [0.1, 0.15) is 26.3 Å². The Balaban J connectivity index is 2.10. The molecule has 0 aliphatic rings. The van der Waals surface area contributed by atoms with Crippen molar-refractivity contribution in [3.8, 4) is 0 Å². The van der Waals surface area contributed by atoms with Crippen LogP contribution in [0.4, 0.5) is 11.6 Å². The van der Waals surface area contributed by atoms with Gasteiger partial charge in [-0.05, 0) is 50.6 Å². The van der Waals surface area contributed by atoms with Crippen LogP contribution in [0.25, 0.3) is 0 Å². The first-order chi connectivity index (χ1) is 9.44. The molecule has 2 aromatic rings. The van der Waals surface area contributed by atoms with Gasteiger partial charge in [0.1, 0.15) is 11.6 Å². The Morgan fingerprint density at radius 3 is 2.45 bits per heavy atom. The summed E-state index contributed by atoms with van der Waals surface area (Å²) >= 11 is 0. The zero-order chi connectivity index (χ0) is 14.6. The third-order valence-corrected chi connectivity index (χ3v) is 2.80. The van der Waals surface area contributed by atoms with Gasteiger partial charge in [0.05, 0.1) is 0 Å². The fourth-order valence-electron chi connectivity index (χ4n) is 1.93. The molecule has 0 saturated carbocycles. The van der Waals surface area contributed by atoms with Gasteiger partial charge in [-0.2, -0.15) is 0 Å². The highest BCUT2D eigenvalue weighted by Crippen LogP contribution is 2.18. The van der Waals surface area contributed by atoms with E-state index >= 15 is 0 Å². The van der Waals surface area contributed by atoms with Gasteiger partial charge in [-0.3, -0.25) is 4.98 Å². The van der Waals surface area contributed by atoms with E-state index in [2.05, 4.69) is 41.0 Å². The molecule has 4 nitrogen and oxygen atoms in total. The molecule has 0 atom stereocenters. The van der Waals surface area contributed by atoms with Crippen LogP contribution in [0.2, 0.25) is 0 Å². The van der Waals surface area contributed by atoms with E-state index in [0.29, 0.717) is 0 Å².